The molecule has 0 aromatic heterocycles. The lowest BCUT2D eigenvalue weighted by atomic mass is 9.72. The molecule has 0 spiro atoms. The van der Waals surface area contributed by atoms with E-state index in [9.17, 15) is 0 Å². The second-order valence-electron chi connectivity index (χ2n) is 5.40. The topological polar surface area (TPSA) is 12.0 Å². The van der Waals surface area contributed by atoms with Gasteiger partial charge in [-0.15, -0.1) is 0 Å². The third-order valence-electron chi connectivity index (χ3n) is 4.46. The van der Waals surface area contributed by atoms with Crippen molar-refractivity contribution in [3.63, 3.8) is 0 Å². The molecule has 2 aromatic carbocycles. The molecule has 18 heavy (non-hydrogen) atoms. The lowest BCUT2D eigenvalue weighted by molar-refractivity contribution is 0.394. The fourth-order valence-electron chi connectivity index (χ4n) is 3.60. The summed E-state index contributed by atoms with van der Waals surface area (Å²) in [6.07, 6.45) is 2.47. The predicted molar refractivity (Wildman–Crippen MR) is 73.7 cm³/mol. The number of nitrogens with one attached hydrogen (secondary N) is 1. The van der Waals surface area contributed by atoms with Gasteiger partial charge >= 0.3 is 0 Å². The maximum atomic E-state index is 3.72. The summed E-state index contributed by atoms with van der Waals surface area (Å²) in [5.74, 6) is 0.555. The molecular formula is C17H17N. The minimum Gasteiger partial charge on any atom is -0.309 e. The molecule has 1 heterocycles. The molecular weight excluding hydrogens is 218 g/mol. The Labute approximate surface area is 108 Å². The first-order valence-corrected chi connectivity index (χ1v) is 6.82. The van der Waals surface area contributed by atoms with Crippen molar-refractivity contribution in [2.45, 2.75) is 31.3 Å². The molecule has 0 unspecified atom stereocenters. The van der Waals surface area contributed by atoms with E-state index >= 15 is 0 Å². The van der Waals surface area contributed by atoms with E-state index in [1.54, 1.807) is 0 Å². The summed E-state index contributed by atoms with van der Waals surface area (Å²) in [4.78, 5) is 0. The van der Waals surface area contributed by atoms with E-state index in [-0.39, 0.29) is 0 Å². The zero-order valence-electron chi connectivity index (χ0n) is 10.4. The number of aryl methyl sites for hydroxylation is 1. The molecule has 1 heteroatoms. The van der Waals surface area contributed by atoms with Crippen LogP contribution in [0.5, 0.6) is 0 Å². The smallest absolute Gasteiger partial charge is 0.0249 e. The Morgan fingerprint density at radius 3 is 2.33 bits per heavy atom. The lowest BCUT2D eigenvalue weighted by Crippen LogP contribution is -2.42. The van der Waals surface area contributed by atoms with Crippen LogP contribution in [0.25, 0.3) is 0 Å². The zero-order valence-corrected chi connectivity index (χ0v) is 10.4. The molecule has 1 N–H and O–H groups in total. The quantitative estimate of drug-likeness (QED) is 0.739. The van der Waals surface area contributed by atoms with E-state index < -0.39 is 0 Å². The van der Waals surface area contributed by atoms with Crippen LogP contribution in [0.15, 0.2) is 48.5 Å². The highest BCUT2D eigenvalue weighted by Gasteiger charge is 2.34. The van der Waals surface area contributed by atoms with Crippen LogP contribution in [0.4, 0.5) is 0 Å². The summed E-state index contributed by atoms with van der Waals surface area (Å²) in [7, 11) is 0. The molecule has 1 nitrogen and oxygen atoms in total. The Morgan fingerprint density at radius 2 is 1.50 bits per heavy atom. The SMILES string of the molecule is c1ccc2c(c1)CC[C@@H]1NCc3ccccc3[C@H]21. The third kappa shape index (κ3) is 1.44. The number of benzene rings is 2. The van der Waals surface area contributed by atoms with Crippen molar-refractivity contribution in [1.29, 1.82) is 0 Å². The Bertz CT molecular complexity index is 536. The Hall–Kier alpha value is -1.60. The summed E-state index contributed by atoms with van der Waals surface area (Å²) >= 11 is 0. The summed E-state index contributed by atoms with van der Waals surface area (Å²) in [5.41, 5.74) is 6.08. The molecule has 4 rings (SSSR count). The Kier molecular flexibility index (Phi) is 2.27. The van der Waals surface area contributed by atoms with Crippen molar-refractivity contribution >= 4 is 0 Å². The van der Waals surface area contributed by atoms with Gasteiger partial charge in [-0.3, -0.25) is 0 Å². The first-order valence-electron chi connectivity index (χ1n) is 6.82. The van der Waals surface area contributed by atoms with Crippen LogP contribution < -0.4 is 5.32 Å². The fourth-order valence-corrected chi connectivity index (χ4v) is 3.60. The largest absolute Gasteiger partial charge is 0.309 e. The summed E-state index contributed by atoms with van der Waals surface area (Å²) in [6, 6.07) is 18.5. The lowest BCUT2D eigenvalue weighted by Gasteiger charge is -2.39. The Morgan fingerprint density at radius 1 is 0.833 bits per heavy atom. The molecule has 2 aliphatic rings. The highest BCUT2D eigenvalue weighted by atomic mass is 14.9. The van der Waals surface area contributed by atoms with Gasteiger partial charge < -0.3 is 5.32 Å². The van der Waals surface area contributed by atoms with Crippen molar-refractivity contribution in [2.75, 3.05) is 0 Å². The number of hydrogen-bond donors (Lipinski definition) is 1. The highest BCUT2D eigenvalue weighted by Crippen LogP contribution is 2.40. The molecule has 2 atom stereocenters. The first kappa shape index (κ1) is 10.3. The fraction of sp³-hybridized carbons (Fsp3) is 0.294. The Balaban J connectivity index is 1.91. The van der Waals surface area contributed by atoms with Gasteiger partial charge in [0.05, 0.1) is 0 Å². The van der Waals surface area contributed by atoms with Gasteiger partial charge in [0.15, 0.2) is 0 Å². The van der Waals surface area contributed by atoms with E-state index in [0.717, 1.165) is 6.54 Å². The average molecular weight is 235 g/mol. The van der Waals surface area contributed by atoms with Gasteiger partial charge in [-0.1, -0.05) is 48.5 Å². The monoisotopic (exact) mass is 235 g/mol. The average Bonchev–Trinajstić information content (AvgIpc) is 2.46. The summed E-state index contributed by atoms with van der Waals surface area (Å²) in [6.45, 7) is 1.03. The molecule has 0 bridgehead atoms. The van der Waals surface area contributed by atoms with Crippen LogP contribution in [0.2, 0.25) is 0 Å². The summed E-state index contributed by atoms with van der Waals surface area (Å²) < 4.78 is 0. The third-order valence-corrected chi connectivity index (χ3v) is 4.46. The second kappa shape index (κ2) is 3.96. The van der Waals surface area contributed by atoms with Gasteiger partial charge in [-0.25, -0.2) is 0 Å². The normalized spacial score (nSPS) is 24.9. The van der Waals surface area contributed by atoms with Gasteiger partial charge in [0.25, 0.3) is 0 Å². The maximum Gasteiger partial charge on any atom is 0.0249 e. The van der Waals surface area contributed by atoms with Crippen molar-refractivity contribution in [2.24, 2.45) is 0 Å². The van der Waals surface area contributed by atoms with E-state index in [2.05, 4.69) is 53.8 Å². The molecule has 90 valence electrons. The van der Waals surface area contributed by atoms with Crippen LogP contribution >= 0.6 is 0 Å². The van der Waals surface area contributed by atoms with Gasteiger partial charge in [-0.2, -0.15) is 0 Å². The van der Waals surface area contributed by atoms with Crippen molar-refractivity contribution in [1.82, 2.24) is 5.32 Å². The van der Waals surface area contributed by atoms with Gasteiger partial charge in [0, 0.05) is 18.5 Å². The summed E-state index contributed by atoms with van der Waals surface area (Å²) in [5, 5.41) is 3.72. The maximum absolute atomic E-state index is 3.72. The number of fused-ring (bicyclic) bond motifs is 5. The van der Waals surface area contributed by atoms with E-state index in [0.29, 0.717) is 12.0 Å². The molecule has 1 aliphatic carbocycles. The highest BCUT2D eigenvalue weighted by molar-refractivity contribution is 5.46. The van der Waals surface area contributed by atoms with E-state index in [1.165, 1.54) is 35.1 Å². The van der Waals surface area contributed by atoms with Gasteiger partial charge in [0.1, 0.15) is 0 Å². The van der Waals surface area contributed by atoms with Crippen molar-refractivity contribution < 1.29 is 0 Å². The molecule has 0 amide bonds. The van der Waals surface area contributed by atoms with Crippen molar-refractivity contribution in [3.05, 3.63) is 70.8 Å². The molecule has 0 saturated carbocycles. The molecule has 0 fully saturated rings. The number of rotatable bonds is 0. The van der Waals surface area contributed by atoms with E-state index in [1.807, 2.05) is 0 Å². The van der Waals surface area contributed by atoms with Crippen molar-refractivity contribution in [3.8, 4) is 0 Å². The molecule has 0 saturated heterocycles. The van der Waals surface area contributed by atoms with E-state index in [4.69, 9.17) is 0 Å². The first-order chi connectivity index (χ1) is 8.93. The van der Waals surface area contributed by atoms with Crippen LogP contribution in [0, 0.1) is 0 Å². The van der Waals surface area contributed by atoms with Gasteiger partial charge in [0.2, 0.25) is 0 Å². The minimum absolute atomic E-state index is 0.555. The van der Waals surface area contributed by atoms with Crippen LogP contribution in [-0.4, -0.2) is 6.04 Å². The second-order valence-corrected chi connectivity index (χ2v) is 5.40. The molecule has 1 aliphatic heterocycles. The molecule has 0 radical (unpaired) electrons. The minimum atomic E-state index is 0.555. The van der Waals surface area contributed by atoms with Crippen LogP contribution in [-0.2, 0) is 13.0 Å². The van der Waals surface area contributed by atoms with Crippen LogP contribution in [0.1, 0.15) is 34.6 Å². The molecule has 2 aromatic rings. The zero-order chi connectivity index (χ0) is 11.9. The van der Waals surface area contributed by atoms with Crippen LogP contribution in [0.3, 0.4) is 0 Å². The number of hydrogen-bond acceptors (Lipinski definition) is 1. The predicted octanol–water partition coefficient (Wildman–Crippen LogP) is 3.24. The standard InChI is InChI=1S/C17H17N/c1-3-7-14-12(5-1)9-10-16-17(14)15-8-4-2-6-13(15)11-18-16/h1-8,16-18H,9-11H2/t16-,17-/m0/s1. The van der Waals surface area contributed by atoms with Gasteiger partial charge in [-0.05, 0) is 35.1 Å².